The van der Waals surface area contributed by atoms with E-state index in [-0.39, 0.29) is 12.5 Å². The van der Waals surface area contributed by atoms with Gasteiger partial charge in [-0.2, -0.15) is 0 Å². The molecule has 0 aliphatic carbocycles. The minimum Gasteiger partial charge on any atom is -0.467 e. The second kappa shape index (κ2) is 6.91. The van der Waals surface area contributed by atoms with E-state index in [1.54, 1.807) is 20.2 Å². The molecule has 0 unspecified atom stereocenters. The molecule has 1 aromatic heterocycles. The van der Waals surface area contributed by atoms with Crippen molar-refractivity contribution in [2.75, 3.05) is 27.2 Å². The molecule has 0 aromatic carbocycles. The maximum atomic E-state index is 11.7. The summed E-state index contributed by atoms with van der Waals surface area (Å²) in [5.41, 5.74) is 2.45. The molecule has 2 amide bonds. The molecular formula is C12H20N4O3. The molecule has 19 heavy (non-hydrogen) atoms. The quantitative estimate of drug-likeness (QED) is 0.423. The van der Waals surface area contributed by atoms with E-state index >= 15 is 0 Å². The van der Waals surface area contributed by atoms with Gasteiger partial charge in [0.15, 0.2) is 0 Å². The number of nitrogens with one attached hydrogen (secondary N) is 1. The van der Waals surface area contributed by atoms with Crippen molar-refractivity contribution < 1.29 is 14.0 Å². The summed E-state index contributed by atoms with van der Waals surface area (Å²) >= 11 is 0. The van der Waals surface area contributed by atoms with Gasteiger partial charge in [0.1, 0.15) is 5.76 Å². The van der Waals surface area contributed by atoms with E-state index in [9.17, 15) is 9.59 Å². The predicted molar refractivity (Wildman–Crippen MR) is 70.0 cm³/mol. The Balaban J connectivity index is 2.74. The first-order chi connectivity index (χ1) is 8.99. The molecule has 1 aromatic rings. The summed E-state index contributed by atoms with van der Waals surface area (Å²) in [5.74, 6) is 5.19. The van der Waals surface area contributed by atoms with Crippen molar-refractivity contribution in [2.45, 2.75) is 13.5 Å². The molecule has 0 spiro atoms. The summed E-state index contributed by atoms with van der Waals surface area (Å²) in [6, 6.07) is 1.55. The molecule has 3 N–H and O–H groups in total. The average molecular weight is 268 g/mol. The maximum absolute atomic E-state index is 11.7. The van der Waals surface area contributed by atoms with Crippen molar-refractivity contribution in [1.82, 2.24) is 15.2 Å². The normalized spacial score (nSPS) is 10.6. The van der Waals surface area contributed by atoms with E-state index in [0.29, 0.717) is 24.4 Å². The second-order valence-electron chi connectivity index (χ2n) is 4.32. The van der Waals surface area contributed by atoms with Crippen LogP contribution in [0.5, 0.6) is 0 Å². The number of carbonyl (C=O) groups is 2. The zero-order chi connectivity index (χ0) is 14.4. The fourth-order valence-electron chi connectivity index (χ4n) is 1.56. The molecular weight excluding hydrogens is 248 g/mol. The van der Waals surface area contributed by atoms with Crippen LogP contribution < -0.4 is 11.3 Å². The van der Waals surface area contributed by atoms with E-state index in [0.717, 1.165) is 0 Å². The van der Waals surface area contributed by atoms with Gasteiger partial charge in [0.25, 0.3) is 5.91 Å². The van der Waals surface area contributed by atoms with Gasteiger partial charge in [0, 0.05) is 14.1 Å². The van der Waals surface area contributed by atoms with Crippen molar-refractivity contribution >= 4 is 11.8 Å². The van der Waals surface area contributed by atoms with E-state index in [1.807, 2.05) is 11.8 Å². The van der Waals surface area contributed by atoms with Crippen LogP contribution in [0.15, 0.2) is 16.7 Å². The number of hydrogen-bond acceptors (Lipinski definition) is 5. The monoisotopic (exact) mass is 268 g/mol. The van der Waals surface area contributed by atoms with Gasteiger partial charge in [0.2, 0.25) is 5.91 Å². The van der Waals surface area contributed by atoms with Gasteiger partial charge in [0.05, 0.1) is 24.9 Å². The Labute approximate surface area is 112 Å². The van der Waals surface area contributed by atoms with Crippen molar-refractivity contribution in [3.63, 3.8) is 0 Å². The number of nitrogen functional groups attached to an aromatic ring is 1. The third-order valence-corrected chi connectivity index (χ3v) is 2.79. The minimum absolute atomic E-state index is 0.00164. The van der Waals surface area contributed by atoms with Crippen LogP contribution >= 0.6 is 0 Å². The van der Waals surface area contributed by atoms with Gasteiger partial charge in [-0.3, -0.25) is 19.9 Å². The number of hydrogen-bond donors (Lipinski definition) is 2. The summed E-state index contributed by atoms with van der Waals surface area (Å²) in [4.78, 5) is 26.6. The van der Waals surface area contributed by atoms with E-state index < -0.39 is 5.91 Å². The van der Waals surface area contributed by atoms with Gasteiger partial charge in [-0.05, 0) is 12.6 Å². The van der Waals surface area contributed by atoms with Crippen molar-refractivity contribution in [3.05, 3.63) is 23.7 Å². The van der Waals surface area contributed by atoms with Gasteiger partial charge < -0.3 is 9.32 Å². The molecule has 0 atom stereocenters. The Bertz CT molecular complexity index is 442. The third-order valence-electron chi connectivity index (χ3n) is 2.79. The standard InChI is InChI=1S/C12H20N4O3/c1-4-16(8-11(17)15(2)3)7-10-9(5-6-19-10)12(18)14-13/h5-6H,4,7-8,13H2,1-3H3,(H,14,18). The number of nitrogens with zero attached hydrogens (tertiary/aromatic N) is 2. The van der Waals surface area contributed by atoms with Crippen LogP contribution in [-0.4, -0.2) is 48.8 Å². The molecule has 0 aliphatic rings. The maximum Gasteiger partial charge on any atom is 0.268 e. The lowest BCUT2D eigenvalue weighted by Gasteiger charge is -2.21. The van der Waals surface area contributed by atoms with Crippen LogP contribution in [0.2, 0.25) is 0 Å². The summed E-state index contributed by atoms with van der Waals surface area (Å²) in [6.45, 7) is 3.26. The molecule has 7 heteroatoms. The fourth-order valence-corrected chi connectivity index (χ4v) is 1.56. The first-order valence-electron chi connectivity index (χ1n) is 5.99. The Morgan fingerprint density at radius 1 is 1.42 bits per heavy atom. The van der Waals surface area contributed by atoms with Gasteiger partial charge >= 0.3 is 0 Å². The lowest BCUT2D eigenvalue weighted by atomic mass is 10.2. The topological polar surface area (TPSA) is 91.8 Å². The highest BCUT2D eigenvalue weighted by Gasteiger charge is 2.18. The highest BCUT2D eigenvalue weighted by molar-refractivity contribution is 5.94. The molecule has 106 valence electrons. The Hall–Kier alpha value is -1.86. The Morgan fingerprint density at radius 2 is 2.11 bits per heavy atom. The Morgan fingerprint density at radius 3 is 2.63 bits per heavy atom. The number of amides is 2. The third kappa shape index (κ3) is 4.08. The first kappa shape index (κ1) is 15.2. The molecule has 1 rings (SSSR count). The Kier molecular flexibility index (Phi) is 5.53. The van der Waals surface area contributed by atoms with Crippen LogP contribution in [-0.2, 0) is 11.3 Å². The van der Waals surface area contributed by atoms with Gasteiger partial charge in [-0.15, -0.1) is 0 Å². The highest BCUT2D eigenvalue weighted by Crippen LogP contribution is 2.13. The molecule has 0 aliphatic heterocycles. The number of nitrogens with two attached hydrogens (primary N) is 1. The number of rotatable bonds is 6. The van der Waals surface area contributed by atoms with Crippen molar-refractivity contribution in [2.24, 2.45) is 5.84 Å². The largest absolute Gasteiger partial charge is 0.467 e. The molecule has 1 heterocycles. The molecule has 0 saturated heterocycles. The van der Waals surface area contributed by atoms with Crippen LogP contribution in [0.1, 0.15) is 23.0 Å². The lowest BCUT2D eigenvalue weighted by molar-refractivity contribution is -0.130. The van der Waals surface area contributed by atoms with Crippen LogP contribution in [0.4, 0.5) is 0 Å². The number of likely N-dealkylation sites (N-methyl/N-ethyl adjacent to an activating group) is 2. The second-order valence-corrected chi connectivity index (χ2v) is 4.32. The number of furan rings is 1. The average Bonchev–Trinajstić information content (AvgIpc) is 2.84. The van der Waals surface area contributed by atoms with Crippen LogP contribution in [0.3, 0.4) is 0 Å². The minimum atomic E-state index is -0.404. The first-order valence-corrected chi connectivity index (χ1v) is 5.99. The van der Waals surface area contributed by atoms with Gasteiger partial charge in [-0.1, -0.05) is 6.92 Å². The highest BCUT2D eigenvalue weighted by atomic mass is 16.3. The summed E-state index contributed by atoms with van der Waals surface area (Å²) in [5, 5.41) is 0. The molecule has 0 bridgehead atoms. The van der Waals surface area contributed by atoms with Gasteiger partial charge in [-0.25, -0.2) is 5.84 Å². The molecule has 0 radical (unpaired) electrons. The fraction of sp³-hybridized carbons (Fsp3) is 0.500. The SMILES string of the molecule is CCN(CC(=O)N(C)C)Cc1occc1C(=O)NN. The number of carbonyl (C=O) groups excluding carboxylic acids is 2. The molecule has 0 saturated carbocycles. The van der Waals surface area contributed by atoms with E-state index in [2.05, 4.69) is 5.43 Å². The number of hydrazine groups is 1. The van der Waals surface area contributed by atoms with Crippen molar-refractivity contribution in [3.8, 4) is 0 Å². The predicted octanol–water partition coefficient (Wildman–Crippen LogP) is -0.207. The molecule has 7 nitrogen and oxygen atoms in total. The van der Waals surface area contributed by atoms with E-state index in [1.165, 1.54) is 11.2 Å². The van der Waals surface area contributed by atoms with Crippen LogP contribution in [0, 0.1) is 0 Å². The summed E-state index contributed by atoms with van der Waals surface area (Å²) < 4.78 is 5.28. The van der Waals surface area contributed by atoms with Crippen molar-refractivity contribution in [1.29, 1.82) is 0 Å². The van der Waals surface area contributed by atoms with Crippen LogP contribution in [0.25, 0.3) is 0 Å². The summed E-state index contributed by atoms with van der Waals surface area (Å²) in [6.07, 6.45) is 1.43. The smallest absolute Gasteiger partial charge is 0.268 e. The zero-order valence-corrected chi connectivity index (χ0v) is 11.5. The molecule has 0 fully saturated rings. The zero-order valence-electron chi connectivity index (χ0n) is 11.5. The van der Waals surface area contributed by atoms with E-state index in [4.69, 9.17) is 10.3 Å². The summed E-state index contributed by atoms with van der Waals surface area (Å²) in [7, 11) is 3.41. The lowest BCUT2D eigenvalue weighted by Crippen LogP contribution is -2.37.